The van der Waals surface area contributed by atoms with Crippen LogP contribution >= 0.6 is 22.6 Å². The predicted octanol–water partition coefficient (Wildman–Crippen LogP) is 3.01. The molecule has 0 aliphatic carbocycles. The third-order valence-electron chi connectivity index (χ3n) is 9.47. The Labute approximate surface area is 327 Å². The summed E-state index contributed by atoms with van der Waals surface area (Å²) < 4.78 is 5.83. The fourth-order valence-corrected chi connectivity index (χ4v) is 7.13. The number of nitrogens with one attached hydrogen (secondary N) is 4. The molecule has 1 fully saturated rings. The lowest BCUT2D eigenvalue weighted by Crippen LogP contribution is -2.68. The van der Waals surface area contributed by atoms with Crippen molar-refractivity contribution >= 4 is 52.0 Å². The van der Waals surface area contributed by atoms with Crippen molar-refractivity contribution in [2.45, 2.75) is 102 Å². The van der Waals surface area contributed by atoms with E-state index in [1.54, 1.807) is 12.1 Å². The second-order valence-corrected chi connectivity index (χ2v) is 15.9. The fourth-order valence-electron chi connectivity index (χ4n) is 6.76. The summed E-state index contributed by atoms with van der Waals surface area (Å²) in [5.41, 5.74) is 4.27. The van der Waals surface area contributed by atoms with E-state index in [0.29, 0.717) is 31.7 Å². The van der Waals surface area contributed by atoms with E-state index in [1.165, 1.54) is 6.92 Å². The minimum atomic E-state index is -1.94. The number of morpholine rings is 1. The number of alkyl halides is 1. The Morgan fingerprint density at radius 3 is 2.08 bits per heavy atom. The Morgan fingerprint density at radius 1 is 0.925 bits per heavy atom. The predicted molar refractivity (Wildman–Crippen MR) is 213 cm³/mol. The van der Waals surface area contributed by atoms with Gasteiger partial charge in [-0.2, -0.15) is 0 Å². The number of ether oxygens (including phenoxy) is 1. The van der Waals surface area contributed by atoms with Crippen molar-refractivity contribution in [1.29, 1.82) is 0 Å². The van der Waals surface area contributed by atoms with E-state index in [0.717, 1.165) is 5.56 Å². The maximum Gasteiger partial charge on any atom is 0.244 e. The minimum Gasteiger partial charge on any atom is -0.381 e. The summed E-state index contributed by atoms with van der Waals surface area (Å²) in [6, 6.07) is 16.4. The number of hydrogen-bond acceptors (Lipinski definition) is 8. The maximum absolute atomic E-state index is 14.7. The third-order valence-corrected chi connectivity index (χ3v) is 11.0. The van der Waals surface area contributed by atoms with E-state index in [9.17, 15) is 29.1 Å². The number of carbonyl (C=O) groups is 5. The molecule has 3 rings (SSSR count). The number of primary amides is 1. The zero-order valence-corrected chi connectivity index (χ0v) is 33.8. The van der Waals surface area contributed by atoms with Gasteiger partial charge in [0.15, 0.2) is 5.78 Å². The average Bonchev–Trinajstić information content (AvgIpc) is 3.12. The van der Waals surface area contributed by atoms with Crippen LogP contribution in [-0.4, -0.2) is 88.0 Å². The molecule has 1 saturated heterocycles. The second-order valence-electron chi connectivity index (χ2n) is 15.2. The van der Waals surface area contributed by atoms with Gasteiger partial charge in [0.25, 0.3) is 0 Å². The zero-order chi connectivity index (χ0) is 39.2. The van der Waals surface area contributed by atoms with Crippen LogP contribution in [0, 0.1) is 17.8 Å². The van der Waals surface area contributed by atoms with Gasteiger partial charge in [-0.15, -0.1) is 0 Å². The number of ketones is 1. The van der Waals surface area contributed by atoms with Gasteiger partial charge < -0.3 is 36.8 Å². The molecular weight excluding hydrogens is 789 g/mol. The third kappa shape index (κ3) is 13.4. The molecule has 0 aromatic heterocycles. The van der Waals surface area contributed by atoms with Crippen molar-refractivity contribution < 1.29 is 33.8 Å². The van der Waals surface area contributed by atoms with Crippen LogP contribution in [0.15, 0.2) is 60.7 Å². The molecule has 53 heavy (non-hydrogen) atoms. The number of rotatable bonds is 21. The zero-order valence-electron chi connectivity index (χ0n) is 31.7. The van der Waals surface area contributed by atoms with Crippen LogP contribution in [0.1, 0.15) is 71.4 Å². The summed E-state index contributed by atoms with van der Waals surface area (Å²) >= 11 is 1.93. The van der Waals surface area contributed by atoms with Crippen molar-refractivity contribution in [3.05, 3.63) is 71.8 Å². The number of aryl methyl sites for hydroxylation is 1. The lowest BCUT2D eigenvalue weighted by molar-refractivity contribution is -0.144. The first-order valence-corrected chi connectivity index (χ1v) is 20.0. The van der Waals surface area contributed by atoms with Gasteiger partial charge >= 0.3 is 0 Å². The summed E-state index contributed by atoms with van der Waals surface area (Å²) in [6.07, 6.45) is 0.547. The summed E-state index contributed by atoms with van der Waals surface area (Å²) in [5.74, 6) is -4.71. The first kappa shape index (κ1) is 44.0. The summed E-state index contributed by atoms with van der Waals surface area (Å²) in [5, 5.41) is 22.8. The Bertz CT molecular complexity index is 1500. The number of carbonyl (C=O) groups excluding carboxylic acids is 5. The Balaban J connectivity index is 2.07. The van der Waals surface area contributed by atoms with E-state index in [1.807, 2.05) is 98.8 Å². The topological polar surface area (TPSA) is 189 Å². The molecule has 1 aliphatic heterocycles. The Morgan fingerprint density at radius 2 is 1.55 bits per heavy atom. The van der Waals surface area contributed by atoms with Crippen LogP contribution in [-0.2, 0) is 41.6 Å². The van der Waals surface area contributed by atoms with Gasteiger partial charge in [-0.1, -0.05) is 111 Å². The number of aliphatic hydroxyl groups is 1. The second kappa shape index (κ2) is 20.9. The summed E-state index contributed by atoms with van der Waals surface area (Å²) in [6.45, 7) is 10.6. The van der Waals surface area contributed by atoms with Crippen LogP contribution in [0.4, 0.5) is 0 Å². The number of nitrogens with two attached hydrogens (primary N) is 1. The largest absolute Gasteiger partial charge is 0.381 e. The monoisotopic (exact) mass is 847 g/mol. The van der Waals surface area contributed by atoms with E-state index >= 15 is 0 Å². The van der Waals surface area contributed by atoms with Gasteiger partial charge in [-0.05, 0) is 62.0 Å². The van der Waals surface area contributed by atoms with Gasteiger partial charge in [0.1, 0.15) is 17.2 Å². The first-order chi connectivity index (χ1) is 25.1. The van der Waals surface area contributed by atoms with Crippen molar-refractivity contribution in [2.75, 3.05) is 24.1 Å². The molecule has 13 heteroatoms. The van der Waals surface area contributed by atoms with Crippen molar-refractivity contribution in [3.63, 3.8) is 0 Å². The van der Waals surface area contributed by atoms with Crippen molar-refractivity contribution in [1.82, 2.24) is 21.3 Å². The molecule has 2 aromatic rings. The quantitative estimate of drug-likeness (QED) is 0.0818. The molecule has 6 atom stereocenters. The van der Waals surface area contributed by atoms with Crippen molar-refractivity contribution in [2.24, 2.45) is 23.5 Å². The molecule has 292 valence electrons. The highest BCUT2D eigenvalue weighted by atomic mass is 127. The molecular formula is C40H58IN5O7. The van der Waals surface area contributed by atoms with Crippen LogP contribution in [0.2, 0.25) is 0 Å². The van der Waals surface area contributed by atoms with E-state index < -0.39 is 58.6 Å². The number of amides is 4. The number of Topliss-reactive ketones (excluding diaryl/α,β-unsaturated/α-hetero) is 1. The minimum absolute atomic E-state index is 0.000932. The SMILES string of the molecule is CC(C)C[C@H](NC(=O)[C@@H](Cc1ccccc1)C(CC(C)C)(NC(=O)[C@H](CCc1ccccc1)NC(=O)CC1CNCCO1)C(N)=O)C(=O)[C@](C)(O)CI. The first-order valence-electron chi connectivity index (χ1n) is 18.5. The van der Waals surface area contributed by atoms with Gasteiger partial charge in [0, 0.05) is 17.5 Å². The Hall–Kier alpha value is -3.40. The van der Waals surface area contributed by atoms with E-state index in [-0.39, 0.29) is 54.5 Å². The molecule has 0 radical (unpaired) electrons. The molecule has 12 nitrogen and oxygen atoms in total. The molecule has 1 aliphatic rings. The molecule has 0 spiro atoms. The average molecular weight is 848 g/mol. The number of hydrogen-bond donors (Lipinski definition) is 6. The van der Waals surface area contributed by atoms with Crippen LogP contribution < -0.4 is 27.0 Å². The van der Waals surface area contributed by atoms with Gasteiger partial charge in [-0.3, -0.25) is 24.0 Å². The lowest BCUT2D eigenvalue weighted by Gasteiger charge is -2.41. The number of halogens is 1. The normalized spacial score (nSPS) is 18.5. The molecule has 0 bridgehead atoms. The number of benzene rings is 2. The highest BCUT2D eigenvalue weighted by Crippen LogP contribution is 2.31. The smallest absolute Gasteiger partial charge is 0.244 e. The van der Waals surface area contributed by atoms with Crippen molar-refractivity contribution in [3.8, 4) is 0 Å². The highest BCUT2D eigenvalue weighted by molar-refractivity contribution is 14.1. The van der Waals surface area contributed by atoms with Gasteiger partial charge in [0.2, 0.25) is 23.6 Å². The molecule has 0 saturated carbocycles. The van der Waals surface area contributed by atoms with Crippen LogP contribution in [0.3, 0.4) is 0 Å². The maximum atomic E-state index is 14.7. The van der Waals surface area contributed by atoms with Crippen LogP contribution in [0.5, 0.6) is 0 Å². The summed E-state index contributed by atoms with van der Waals surface area (Å²) in [4.78, 5) is 70.1. The van der Waals surface area contributed by atoms with E-state index in [4.69, 9.17) is 10.5 Å². The fraction of sp³-hybridized carbons (Fsp3) is 0.575. The summed E-state index contributed by atoms with van der Waals surface area (Å²) in [7, 11) is 0. The van der Waals surface area contributed by atoms with Gasteiger partial charge in [0.05, 0.1) is 31.1 Å². The standard InChI is InChI=1S/C40H58IN5O7/c1-26(2)20-33(35(48)39(5,52)25-41)45-36(49)31(21-29-14-10-7-11-15-29)40(38(42)51,23-27(3)4)46-37(50)32(17-16-28-12-8-6-9-13-28)44-34(47)22-30-24-43-18-19-53-30/h6-15,26-27,30-33,43,52H,16-25H2,1-5H3,(H2,42,51)(H,44,47)(H,45,49)(H,46,50)/t30?,31-,32+,33+,39-,40?/m1/s1. The van der Waals surface area contributed by atoms with E-state index in [2.05, 4.69) is 21.3 Å². The molecule has 4 amide bonds. The Kier molecular flexibility index (Phi) is 17.3. The van der Waals surface area contributed by atoms with Gasteiger partial charge in [-0.25, -0.2) is 0 Å². The molecule has 2 aromatic carbocycles. The highest BCUT2D eigenvalue weighted by Gasteiger charge is 2.51. The lowest BCUT2D eigenvalue weighted by atomic mass is 9.73. The molecule has 2 unspecified atom stereocenters. The molecule has 7 N–H and O–H groups in total. The molecule has 1 heterocycles. The van der Waals surface area contributed by atoms with Crippen LogP contribution in [0.25, 0.3) is 0 Å².